The molecule has 1 aromatic heterocycles. The summed E-state index contributed by atoms with van der Waals surface area (Å²) in [4.78, 5) is 11.2. The maximum absolute atomic E-state index is 11.2. The molecule has 0 unspecified atom stereocenters. The van der Waals surface area contributed by atoms with Crippen molar-refractivity contribution in [3.63, 3.8) is 0 Å². The van der Waals surface area contributed by atoms with Crippen LogP contribution < -0.4 is 10.4 Å². The van der Waals surface area contributed by atoms with E-state index >= 15 is 0 Å². The van der Waals surface area contributed by atoms with Gasteiger partial charge in [-0.15, -0.1) is 0 Å². The summed E-state index contributed by atoms with van der Waals surface area (Å²) in [5.41, 5.74) is 0.0292. The van der Waals surface area contributed by atoms with Crippen molar-refractivity contribution in [2.24, 2.45) is 0 Å². The molecule has 0 aliphatic rings. The van der Waals surface area contributed by atoms with Crippen molar-refractivity contribution >= 4 is 0 Å². The van der Waals surface area contributed by atoms with Gasteiger partial charge in [0.05, 0.1) is 12.7 Å². The van der Waals surface area contributed by atoms with Crippen molar-refractivity contribution in [2.45, 2.75) is 26.8 Å². The Morgan fingerprint density at radius 3 is 2.75 bits per heavy atom. The average molecular weight is 168 g/mol. The van der Waals surface area contributed by atoms with Gasteiger partial charge in [0.1, 0.15) is 5.69 Å². The maximum Gasteiger partial charge on any atom is 0.501 e. The lowest BCUT2D eigenvalue weighted by Gasteiger charge is -2.06. The third kappa shape index (κ3) is 1.32. The summed E-state index contributed by atoms with van der Waals surface area (Å²) in [5.74, 6) is 0. The van der Waals surface area contributed by atoms with Gasteiger partial charge in [0.2, 0.25) is 0 Å². The first-order valence-corrected chi connectivity index (χ1v) is 4.02. The van der Waals surface area contributed by atoms with Crippen LogP contribution in [-0.4, -0.2) is 4.57 Å². The molecule has 0 saturated carbocycles. The monoisotopic (exact) mass is 168 g/mol. The highest BCUT2D eigenvalue weighted by Gasteiger charge is 2.06. The summed E-state index contributed by atoms with van der Waals surface area (Å²) in [5, 5.41) is 11.2. The van der Waals surface area contributed by atoms with Crippen molar-refractivity contribution in [3.8, 4) is 0 Å². The summed E-state index contributed by atoms with van der Waals surface area (Å²) in [6.45, 7) is 4.21. The van der Waals surface area contributed by atoms with Crippen LogP contribution in [0.5, 0.6) is 0 Å². The second-order valence-corrected chi connectivity index (χ2v) is 2.52. The van der Waals surface area contributed by atoms with Crippen LogP contribution in [0.25, 0.3) is 0 Å². The van der Waals surface area contributed by atoms with Gasteiger partial charge < -0.3 is 5.21 Å². The summed E-state index contributed by atoms with van der Waals surface area (Å²) in [6.07, 6.45) is 2.23. The summed E-state index contributed by atoms with van der Waals surface area (Å²) in [7, 11) is 0. The van der Waals surface area contributed by atoms with Crippen LogP contribution in [-0.2, 0) is 13.0 Å². The molecule has 0 aliphatic heterocycles. The smallest absolute Gasteiger partial charge is 0.501 e. The molecule has 0 aromatic carbocycles. The molecule has 0 spiro atoms. The summed E-state index contributed by atoms with van der Waals surface area (Å²) < 4.78 is 1.83. The van der Waals surface area contributed by atoms with Gasteiger partial charge in [-0.1, -0.05) is 6.92 Å². The minimum atomic E-state index is -0.489. The van der Waals surface area contributed by atoms with Crippen molar-refractivity contribution in [1.29, 1.82) is 0 Å². The molecule has 12 heavy (non-hydrogen) atoms. The van der Waals surface area contributed by atoms with Crippen LogP contribution >= 0.6 is 0 Å². The molecule has 4 heteroatoms. The zero-order chi connectivity index (χ0) is 9.14. The van der Waals surface area contributed by atoms with Crippen molar-refractivity contribution in [3.05, 3.63) is 33.6 Å². The second-order valence-electron chi connectivity index (χ2n) is 2.52. The molecule has 1 heterocycles. The van der Waals surface area contributed by atoms with Gasteiger partial charge in [0, 0.05) is 12.5 Å². The van der Waals surface area contributed by atoms with Crippen LogP contribution in [0.3, 0.4) is 0 Å². The van der Waals surface area contributed by atoms with Crippen molar-refractivity contribution in [2.75, 3.05) is 0 Å². The van der Waals surface area contributed by atoms with Crippen LogP contribution in [0.2, 0.25) is 0 Å². The van der Waals surface area contributed by atoms with E-state index in [9.17, 15) is 10.0 Å². The zero-order valence-corrected chi connectivity index (χ0v) is 7.28. The molecule has 0 atom stereocenters. The minimum Gasteiger partial charge on any atom is -0.708 e. The van der Waals surface area contributed by atoms with Crippen molar-refractivity contribution in [1.82, 2.24) is 4.57 Å². The quantitative estimate of drug-likeness (QED) is 0.463. The number of hydrogen-bond acceptors (Lipinski definition) is 2. The topological polar surface area (TPSA) is 48.9 Å². The Balaban J connectivity index is 3.30. The van der Waals surface area contributed by atoms with Gasteiger partial charge in [-0.2, -0.15) is 14.1 Å². The third-order valence-corrected chi connectivity index (χ3v) is 1.83. The highest BCUT2D eigenvalue weighted by molar-refractivity contribution is 4.92. The van der Waals surface area contributed by atoms with E-state index in [0.29, 0.717) is 23.4 Å². The Morgan fingerprint density at radius 2 is 2.25 bits per heavy atom. The average Bonchev–Trinajstić information content (AvgIpc) is 2.10. The first kappa shape index (κ1) is 8.77. The van der Waals surface area contributed by atoms with Crippen LogP contribution in [0.15, 0.2) is 17.1 Å². The Labute approximate surface area is 70.7 Å². The summed E-state index contributed by atoms with van der Waals surface area (Å²) in [6, 6.07) is 1.68. The lowest BCUT2D eigenvalue weighted by atomic mass is 10.3. The fraction of sp³-hybridized carbons (Fsp3) is 0.500. The highest BCUT2D eigenvalue weighted by atomic mass is 16.5. The molecule has 0 radical (unpaired) electrons. The molecule has 0 fully saturated rings. The first-order valence-electron chi connectivity index (χ1n) is 4.02. The first-order chi connectivity index (χ1) is 5.70. The van der Waals surface area contributed by atoms with Crippen LogP contribution in [0, 0.1) is 5.21 Å². The maximum atomic E-state index is 11.2. The standard InChI is InChI=1S/C8H12N2O2/c1-3-7-5-6-9(4-2)8(11)10(7)12/h5-6H,3-4H2,1-2H3. The van der Waals surface area contributed by atoms with E-state index in [-0.39, 0.29) is 0 Å². The van der Waals surface area contributed by atoms with Crippen LogP contribution in [0.1, 0.15) is 19.5 Å². The SMILES string of the molecule is CCc1ccn(CC)c(=O)[n+]1[O-]. The molecule has 0 saturated heterocycles. The van der Waals surface area contributed by atoms with Gasteiger partial charge >= 0.3 is 5.69 Å². The van der Waals surface area contributed by atoms with Crippen LogP contribution in [0.4, 0.5) is 0 Å². The van der Waals surface area contributed by atoms with E-state index in [1.54, 1.807) is 12.3 Å². The Hall–Kier alpha value is -1.32. The van der Waals surface area contributed by atoms with Gasteiger partial charge in [-0.3, -0.25) is 0 Å². The molecule has 0 bridgehead atoms. The van der Waals surface area contributed by atoms with Gasteiger partial charge in [-0.05, 0) is 6.92 Å². The second kappa shape index (κ2) is 3.38. The van der Waals surface area contributed by atoms with Gasteiger partial charge in [0.25, 0.3) is 0 Å². The molecule has 1 aromatic rings. The number of nitrogens with zero attached hydrogens (tertiary/aromatic N) is 2. The van der Waals surface area contributed by atoms with E-state index in [4.69, 9.17) is 0 Å². The fourth-order valence-corrected chi connectivity index (χ4v) is 1.05. The summed E-state index contributed by atoms with van der Waals surface area (Å²) >= 11 is 0. The largest absolute Gasteiger partial charge is 0.708 e. The molecule has 0 N–H and O–H groups in total. The zero-order valence-electron chi connectivity index (χ0n) is 7.28. The van der Waals surface area contributed by atoms with E-state index in [0.717, 1.165) is 0 Å². The number of hydrogen-bond donors (Lipinski definition) is 0. The van der Waals surface area contributed by atoms with Gasteiger partial charge in [-0.25, -0.2) is 0 Å². The Kier molecular flexibility index (Phi) is 2.47. The van der Waals surface area contributed by atoms with E-state index in [2.05, 4.69) is 0 Å². The molecule has 4 nitrogen and oxygen atoms in total. The lowest BCUT2D eigenvalue weighted by Crippen LogP contribution is -2.52. The highest BCUT2D eigenvalue weighted by Crippen LogP contribution is 1.88. The molecule has 66 valence electrons. The predicted molar refractivity (Wildman–Crippen MR) is 44.7 cm³/mol. The molecule has 0 aliphatic carbocycles. The molecule has 1 rings (SSSR count). The third-order valence-electron chi connectivity index (χ3n) is 1.83. The number of aryl methyl sites for hydroxylation is 2. The predicted octanol–water partition coefficient (Wildman–Crippen LogP) is 0.0640. The lowest BCUT2D eigenvalue weighted by molar-refractivity contribution is -0.634. The number of aromatic nitrogens is 2. The molecular formula is C8H12N2O2. The Morgan fingerprint density at radius 1 is 1.58 bits per heavy atom. The van der Waals surface area contributed by atoms with E-state index in [1.165, 1.54) is 4.57 Å². The number of rotatable bonds is 2. The Bertz CT molecular complexity index is 330. The van der Waals surface area contributed by atoms with E-state index in [1.807, 2.05) is 13.8 Å². The van der Waals surface area contributed by atoms with E-state index < -0.39 is 5.69 Å². The fourth-order valence-electron chi connectivity index (χ4n) is 1.05. The minimum absolute atomic E-state index is 0.448. The normalized spacial score (nSPS) is 10.2. The molecule has 0 amide bonds. The van der Waals surface area contributed by atoms with Gasteiger partial charge in [0.15, 0.2) is 0 Å². The van der Waals surface area contributed by atoms with Crippen molar-refractivity contribution < 1.29 is 4.73 Å². The molecular weight excluding hydrogens is 156 g/mol.